The van der Waals surface area contributed by atoms with E-state index in [1.165, 1.54) is 6.42 Å². The van der Waals surface area contributed by atoms with E-state index < -0.39 is 0 Å². The van der Waals surface area contributed by atoms with Crippen LogP contribution in [0, 0.1) is 0 Å². The first-order valence-electron chi connectivity index (χ1n) is 5.62. The van der Waals surface area contributed by atoms with Crippen LogP contribution in [0.1, 0.15) is 36.7 Å². The number of aromatic nitrogens is 1. The van der Waals surface area contributed by atoms with Crippen molar-refractivity contribution in [2.24, 2.45) is 7.05 Å². The summed E-state index contributed by atoms with van der Waals surface area (Å²) in [5.74, 6) is 0.176. The van der Waals surface area contributed by atoms with E-state index in [2.05, 4.69) is 6.92 Å². The van der Waals surface area contributed by atoms with Gasteiger partial charge in [0, 0.05) is 25.8 Å². The molecule has 2 rings (SSSR count). The highest BCUT2D eigenvalue weighted by Gasteiger charge is 2.25. The molecule has 1 amide bonds. The second-order valence-electron chi connectivity index (χ2n) is 4.35. The lowest BCUT2D eigenvalue weighted by atomic mass is 10.0. The van der Waals surface area contributed by atoms with Gasteiger partial charge in [-0.3, -0.25) is 4.79 Å². The van der Waals surface area contributed by atoms with Crippen LogP contribution in [-0.2, 0) is 7.05 Å². The van der Waals surface area contributed by atoms with Gasteiger partial charge in [0.15, 0.2) is 0 Å². The molecule has 15 heavy (non-hydrogen) atoms. The molecule has 1 aliphatic heterocycles. The first kappa shape index (κ1) is 10.3. The Morgan fingerprint density at radius 3 is 2.87 bits per heavy atom. The minimum atomic E-state index is 0.176. The number of likely N-dealkylation sites (tertiary alicyclic amines) is 1. The predicted octanol–water partition coefficient (Wildman–Crippen LogP) is 2.04. The Kier molecular flexibility index (Phi) is 2.80. The second kappa shape index (κ2) is 4.09. The zero-order valence-electron chi connectivity index (χ0n) is 9.44. The van der Waals surface area contributed by atoms with Crippen LogP contribution >= 0.6 is 0 Å². The van der Waals surface area contributed by atoms with E-state index in [1.807, 2.05) is 34.8 Å². The van der Waals surface area contributed by atoms with Crippen LogP contribution in [0.25, 0.3) is 0 Å². The summed E-state index contributed by atoms with van der Waals surface area (Å²) in [6.07, 6.45) is 5.44. The van der Waals surface area contributed by atoms with Crippen molar-refractivity contribution in [1.29, 1.82) is 0 Å². The summed E-state index contributed by atoms with van der Waals surface area (Å²) >= 11 is 0. The Morgan fingerprint density at radius 2 is 2.27 bits per heavy atom. The summed E-state index contributed by atoms with van der Waals surface area (Å²) < 4.78 is 1.89. The molecular weight excluding hydrogens is 188 g/mol. The average Bonchev–Trinajstić information content (AvgIpc) is 2.64. The minimum Gasteiger partial charge on any atom is -0.347 e. The molecule has 3 heteroatoms. The van der Waals surface area contributed by atoms with Crippen LogP contribution in [-0.4, -0.2) is 28.0 Å². The quantitative estimate of drug-likeness (QED) is 0.690. The van der Waals surface area contributed by atoms with Gasteiger partial charge in [-0.05, 0) is 38.3 Å². The van der Waals surface area contributed by atoms with Gasteiger partial charge < -0.3 is 9.47 Å². The van der Waals surface area contributed by atoms with Gasteiger partial charge in [0.25, 0.3) is 5.91 Å². The Labute approximate surface area is 90.7 Å². The number of hydrogen-bond donors (Lipinski definition) is 0. The molecule has 1 aromatic heterocycles. The lowest BCUT2D eigenvalue weighted by Gasteiger charge is -2.33. The topological polar surface area (TPSA) is 25.2 Å². The van der Waals surface area contributed by atoms with Gasteiger partial charge in [0.1, 0.15) is 5.69 Å². The lowest BCUT2D eigenvalue weighted by Crippen LogP contribution is -2.42. The maximum Gasteiger partial charge on any atom is 0.270 e. The largest absolute Gasteiger partial charge is 0.347 e. The van der Waals surface area contributed by atoms with E-state index in [0.29, 0.717) is 6.04 Å². The number of carbonyl (C=O) groups excluding carboxylic acids is 1. The molecular formula is C12H18N2O. The van der Waals surface area contributed by atoms with Gasteiger partial charge in [0.05, 0.1) is 0 Å². The fraction of sp³-hybridized carbons (Fsp3) is 0.583. The molecule has 0 radical (unpaired) electrons. The first-order valence-corrected chi connectivity index (χ1v) is 5.62. The number of aryl methyl sites for hydroxylation is 1. The fourth-order valence-corrected chi connectivity index (χ4v) is 2.23. The van der Waals surface area contributed by atoms with Gasteiger partial charge >= 0.3 is 0 Å². The number of hydrogen-bond acceptors (Lipinski definition) is 1. The summed E-state index contributed by atoms with van der Waals surface area (Å²) in [5.41, 5.74) is 0.795. The van der Waals surface area contributed by atoms with Crippen molar-refractivity contribution in [3.05, 3.63) is 24.0 Å². The van der Waals surface area contributed by atoms with E-state index in [-0.39, 0.29) is 5.91 Å². The molecule has 1 aliphatic rings. The van der Waals surface area contributed by atoms with Crippen LogP contribution < -0.4 is 0 Å². The molecule has 0 aromatic carbocycles. The molecule has 0 spiro atoms. The third-order valence-corrected chi connectivity index (χ3v) is 3.23. The highest BCUT2D eigenvalue weighted by Crippen LogP contribution is 2.19. The maximum atomic E-state index is 12.2. The molecule has 1 atom stereocenters. The van der Waals surface area contributed by atoms with Crippen molar-refractivity contribution in [3.63, 3.8) is 0 Å². The van der Waals surface area contributed by atoms with E-state index in [9.17, 15) is 4.79 Å². The smallest absolute Gasteiger partial charge is 0.270 e. The summed E-state index contributed by atoms with van der Waals surface area (Å²) in [4.78, 5) is 14.2. The molecule has 0 aliphatic carbocycles. The molecule has 1 aromatic rings. The number of carbonyl (C=O) groups is 1. The normalized spacial score (nSPS) is 21.7. The van der Waals surface area contributed by atoms with Gasteiger partial charge in [0.2, 0.25) is 0 Å². The monoisotopic (exact) mass is 206 g/mol. The number of amides is 1. The molecule has 2 heterocycles. The molecule has 1 saturated heterocycles. The molecule has 1 fully saturated rings. The summed E-state index contributed by atoms with van der Waals surface area (Å²) in [5, 5.41) is 0. The van der Waals surface area contributed by atoms with Gasteiger partial charge in [-0.15, -0.1) is 0 Å². The molecule has 0 bridgehead atoms. The first-order chi connectivity index (χ1) is 7.20. The number of nitrogens with zero attached hydrogens (tertiary/aromatic N) is 2. The van der Waals surface area contributed by atoms with Crippen LogP contribution in [0.15, 0.2) is 18.3 Å². The summed E-state index contributed by atoms with van der Waals surface area (Å²) in [7, 11) is 1.92. The van der Waals surface area contributed by atoms with Crippen molar-refractivity contribution in [2.75, 3.05) is 6.54 Å². The van der Waals surface area contributed by atoms with Gasteiger partial charge in [-0.2, -0.15) is 0 Å². The number of rotatable bonds is 1. The molecule has 0 saturated carbocycles. The Bertz CT molecular complexity index is 356. The van der Waals surface area contributed by atoms with Crippen LogP contribution in [0.2, 0.25) is 0 Å². The molecule has 0 N–H and O–H groups in total. The Hall–Kier alpha value is -1.25. The zero-order chi connectivity index (χ0) is 10.8. The van der Waals surface area contributed by atoms with Crippen molar-refractivity contribution in [3.8, 4) is 0 Å². The number of piperidine rings is 1. The summed E-state index contributed by atoms with van der Waals surface area (Å²) in [6, 6.07) is 4.20. The van der Waals surface area contributed by atoms with Crippen molar-refractivity contribution >= 4 is 5.91 Å². The highest BCUT2D eigenvalue weighted by atomic mass is 16.2. The Balaban J connectivity index is 2.17. The molecule has 1 unspecified atom stereocenters. The van der Waals surface area contributed by atoms with Crippen molar-refractivity contribution in [2.45, 2.75) is 32.2 Å². The predicted molar refractivity (Wildman–Crippen MR) is 59.8 cm³/mol. The van der Waals surface area contributed by atoms with Gasteiger partial charge in [-0.1, -0.05) is 0 Å². The SMILES string of the molecule is CC1CCCCN1C(=O)c1cccn1C. The van der Waals surface area contributed by atoms with E-state index in [1.54, 1.807) is 0 Å². The summed E-state index contributed by atoms with van der Waals surface area (Å²) in [6.45, 7) is 3.05. The second-order valence-corrected chi connectivity index (χ2v) is 4.35. The highest BCUT2D eigenvalue weighted by molar-refractivity contribution is 5.93. The standard InChI is InChI=1S/C12H18N2O/c1-10-6-3-4-9-14(10)12(15)11-7-5-8-13(11)2/h5,7-8,10H,3-4,6,9H2,1-2H3. The van der Waals surface area contributed by atoms with E-state index >= 15 is 0 Å². The van der Waals surface area contributed by atoms with Crippen molar-refractivity contribution < 1.29 is 4.79 Å². The van der Waals surface area contributed by atoms with Gasteiger partial charge in [-0.25, -0.2) is 0 Å². The maximum absolute atomic E-state index is 12.2. The third kappa shape index (κ3) is 1.91. The van der Waals surface area contributed by atoms with Crippen LogP contribution in [0.3, 0.4) is 0 Å². The molecule has 3 nitrogen and oxygen atoms in total. The van der Waals surface area contributed by atoms with E-state index in [4.69, 9.17) is 0 Å². The van der Waals surface area contributed by atoms with Crippen LogP contribution in [0.5, 0.6) is 0 Å². The minimum absolute atomic E-state index is 0.176. The lowest BCUT2D eigenvalue weighted by molar-refractivity contribution is 0.0626. The van der Waals surface area contributed by atoms with Crippen LogP contribution in [0.4, 0.5) is 0 Å². The Morgan fingerprint density at radius 1 is 1.47 bits per heavy atom. The average molecular weight is 206 g/mol. The third-order valence-electron chi connectivity index (χ3n) is 3.23. The van der Waals surface area contributed by atoms with Crippen molar-refractivity contribution in [1.82, 2.24) is 9.47 Å². The fourth-order valence-electron chi connectivity index (χ4n) is 2.23. The zero-order valence-corrected chi connectivity index (χ0v) is 9.44. The molecule has 82 valence electrons. The van der Waals surface area contributed by atoms with E-state index in [0.717, 1.165) is 25.1 Å².